The molecule has 8 nitrogen and oxygen atoms in total. The quantitative estimate of drug-likeness (QED) is 0.423. The van der Waals surface area contributed by atoms with Gasteiger partial charge in [0.05, 0.1) is 17.7 Å². The lowest BCUT2D eigenvalue weighted by Gasteiger charge is -2.11. The summed E-state index contributed by atoms with van der Waals surface area (Å²) in [7, 11) is -3.83. The summed E-state index contributed by atoms with van der Waals surface area (Å²) in [6.07, 6.45) is 1.47. The van der Waals surface area contributed by atoms with Crippen molar-refractivity contribution in [1.82, 2.24) is 9.71 Å². The van der Waals surface area contributed by atoms with Crippen molar-refractivity contribution in [3.05, 3.63) is 77.6 Å². The Balaban J connectivity index is 1.55. The van der Waals surface area contributed by atoms with E-state index in [9.17, 15) is 13.2 Å². The van der Waals surface area contributed by atoms with E-state index in [4.69, 9.17) is 8.83 Å². The van der Waals surface area contributed by atoms with Crippen molar-refractivity contribution >= 4 is 32.7 Å². The van der Waals surface area contributed by atoms with Gasteiger partial charge in [-0.15, -0.1) is 0 Å². The van der Waals surface area contributed by atoms with Gasteiger partial charge in [-0.2, -0.15) is 0 Å². The van der Waals surface area contributed by atoms with Crippen LogP contribution in [0.4, 0.5) is 5.69 Å². The average Bonchev–Trinajstić information content (AvgIpc) is 3.41. The molecule has 0 fully saturated rings. The Hall–Kier alpha value is -3.43. The maximum absolute atomic E-state index is 13.0. The first-order chi connectivity index (χ1) is 15.5. The molecule has 2 aromatic carbocycles. The maximum Gasteiger partial charge on any atom is 0.255 e. The molecule has 2 heterocycles. The van der Waals surface area contributed by atoms with Gasteiger partial charge in [0.15, 0.2) is 5.58 Å². The number of rotatable bonds is 6. The predicted molar refractivity (Wildman–Crippen MR) is 125 cm³/mol. The highest BCUT2D eigenvalue weighted by molar-refractivity contribution is 7.89. The number of anilines is 1. The Labute approximate surface area is 192 Å². The van der Waals surface area contributed by atoms with Crippen molar-refractivity contribution < 1.29 is 22.0 Å². The molecule has 4 rings (SSSR count). The highest BCUT2D eigenvalue weighted by Crippen LogP contribution is 2.27. The van der Waals surface area contributed by atoms with E-state index in [1.165, 1.54) is 18.4 Å². The summed E-state index contributed by atoms with van der Waals surface area (Å²) in [5.41, 5.74) is 2.46. The Morgan fingerprint density at radius 2 is 1.88 bits per heavy atom. The number of nitrogens with zero attached hydrogens (tertiary/aromatic N) is 1. The molecule has 0 bridgehead atoms. The smallest absolute Gasteiger partial charge is 0.255 e. The molecular formula is C24H25N3O5S. The summed E-state index contributed by atoms with van der Waals surface area (Å²) in [5.74, 6) is 0.674. The number of carbonyl (C=O) groups is 1. The maximum atomic E-state index is 13.0. The summed E-state index contributed by atoms with van der Waals surface area (Å²) in [6, 6.07) is 13.0. The van der Waals surface area contributed by atoms with Gasteiger partial charge in [-0.3, -0.25) is 4.79 Å². The van der Waals surface area contributed by atoms with Crippen molar-refractivity contribution in [2.75, 3.05) is 5.32 Å². The molecule has 1 amide bonds. The number of hydrogen-bond donors (Lipinski definition) is 2. The molecular weight excluding hydrogens is 442 g/mol. The summed E-state index contributed by atoms with van der Waals surface area (Å²) >= 11 is 0. The SMILES string of the molecule is Cc1ccc(S(=O)(=O)NCc2ccco2)cc1C(=O)Nc1ccc2oc(C(C)(C)C)nc2c1. The average molecular weight is 468 g/mol. The first-order valence-corrected chi connectivity index (χ1v) is 11.9. The Morgan fingerprint density at radius 3 is 2.58 bits per heavy atom. The zero-order valence-corrected chi connectivity index (χ0v) is 19.6. The molecule has 0 aliphatic carbocycles. The summed E-state index contributed by atoms with van der Waals surface area (Å²) in [4.78, 5) is 17.5. The predicted octanol–water partition coefficient (Wildman–Crippen LogP) is 4.76. The molecule has 2 N–H and O–H groups in total. The van der Waals surface area contributed by atoms with E-state index in [2.05, 4.69) is 15.0 Å². The number of nitrogens with one attached hydrogen (secondary N) is 2. The van der Waals surface area contributed by atoms with Gasteiger partial charge in [0.1, 0.15) is 11.3 Å². The van der Waals surface area contributed by atoms with Crippen LogP contribution in [0.25, 0.3) is 11.1 Å². The van der Waals surface area contributed by atoms with Crippen LogP contribution in [0, 0.1) is 6.92 Å². The van der Waals surface area contributed by atoms with Crippen LogP contribution in [-0.4, -0.2) is 19.3 Å². The standard InChI is InChI=1S/C24H25N3O5S/c1-15-7-9-18(33(29,30)25-14-17-6-5-11-31-17)13-19(15)22(28)26-16-8-10-21-20(12-16)27-23(32-21)24(2,3)4/h5-13,25H,14H2,1-4H3,(H,26,28). The van der Waals surface area contributed by atoms with Gasteiger partial charge in [-0.25, -0.2) is 18.1 Å². The Kier molecular flexibility index (Phi) is 5.85. The number of hydrogen-bond acceptors (Lipinski definition) is 6. The minimum atomic E-state index is -3.83. The van der Waals surface area contributed by atoms with Crippen LogP contribution in [0.5, 0.6) is 0 Å². The van der Waals surface area contributed by atoms with Crippen LogP contribution in [0.15, 0.2) is 68.5 Å². The zero-order chi connectivity index (χ0) is 23.8. The summed E-state index contributed by atoms with van der Waals surface area (Å²) in [6.45, 7) is 7.78. The number of aryl methyl sites for hydroxylation is 1. The molecule has 0 aliphatic heterocycles. The first-order valence-electron chi connectivity index (χ1n) is 10.4. The molecule has 0 spiro atoms. The highest BCUT2D eigenvalue weighted by atomic mass is 32.2. The molecule has 0 saturated heterocycles. The van der Waals surface area contributed by atoms with Crippen LogP contribution < -0.4 is 10.0 Å². The fourth-order valence-electron chi connectivity index (χ4n) is 3.20. The topological polar surface area (TPSA) is 114 Å². The molecule has 0 atom stereocenters. The lowest BCUT2D eigenvalue weighted by atomic mass is 9.97. The van der Waals surface area contributed by atoms with E-state index in [0.29, 0.717) is 34.0 Å². The van der Waals surface area contributed by atoms with E-state index in [0.717, 1.165) is 0 Å². The number of fused-ring (bicyclic) bond motifs is 1. The third kappa shape index (κ3) is 4.99. The molecule has 0 aliphatic rings. The van der Waals surface area contributed by atoms with Crippen molar-refractivity contribution in [3.63, 3.8) is 0 Å². The van der Waals surface area contributed by atoms with Crippen LogP contribution in [0.2, 0.25) is 0 Å². The molecule has 0 saturated carbocycles. The number of oxazole rings is 1. The van der Waals surface area contributed by atoms with E-state index >= 15 is 0 Å². The highest BCUT2D eigenvalue weighted by Gasteiger charge is 2.22. The van der Waals surface area contributed by atoms with Crippen molar-refractivity contribution in [2.24, 2.45) is 0 Å². The van der Waals surface area contributed by atoms with E-state index in [1.807, 2.05) is 20.8 Å². The normalized spacial score (nSPS) is 12.2. The van der Waals surface area contributed by atoms with Gasteiger partial charge in [0.2, 0.25) is 15.9 Å². The molecule has 172 valence electrons. The molecule has 0 radical (unpaired) electrons. The van der Waals surface area contributed by atoms with Gasteiger partial charge in [0, 0.05) is 16.7 Å². The van der Waals surface area contributed by atoms with Crippen LogP contribution in [0.1, 0.15) is 48.3 Å². The van der Waals surface area contributed by atoms with Crippen LogP contribution in [0.3, 0.4) is 0 Å². The fourth-order valence-corrected chi connectivity index (χ4v) is 4.22. The number of sulfonamides is 1. The van der Waals surface area contributed by atoms with Crippen molar-refractivity contribution in [1.29, 1.82) is 0 Å². The van der Waals surface area contributed by atoms with Crippen LogP contribution in [-0.2, 0) is 22.0 Å². The Morgan fingerprint density at radius 1 is 1.09 bits per heavy atom. The second-order valence-corrected chi connectivity index (χ2v) is 10.6. The molecule has 2 aromatic heterocycles. The van der Waals surface area contributed by atoms with Gasteiger partial charge < -0.3 is 14.2 Å². The van der Waals surface area contributed by atoms with Crippen LogP contribution >= 0.6 is 0 Å². The summed E-state index contributed by atoms with van der Waals surface area (Å²) < 4.78 is 38.8. The lowest BCUT2D eigenvalue weighted by Crippen LogP contribution is -2.24. The third-order valence-corrected chi connectivity index (χ3v) is 6.47. The summed E-state index contributed by atoms with van der Waals surface area (Å²) in [5, 5.41) is 2.82. The number of benzene rings is 2. The van der Waals surface area contributed by atoms with Crippen molar-refractivity contribution in [2.45, 2.75) is 44.6 Å². The largest absolute Gasteiger partial charge is 0.468 e. The number of aromatic nitrogens is 1. The van der Waals surface area contributed by atoms with E-state index in [-0.39, 0.29) is 22.4 Å². The van der Waals surface area contributed by atoms with Gasteiger partial charge in [0.25, 0.3) is 5.91 Å². The van der Waals surface area contributed by atoms with Gasteiger partial charge >= 0.3 is 0 Å². The first kappa shape index (κ1) is 22.8. The molecule has 9 heteroatoms. The van der Waals surface area contributed by atoms with Gasteiger partial charge in [-0.05, 0) is 55.0 Å². The molecule has 33 heavy (non-hydrogen) atoms. The van der Waals surface area contributed by atoms with E-state index < -0.39 is 15.9 Å². The second kappa shape index (κ2) is 8.49. The fraction of sp³-hybridized carbons (Fsp3) is 0.250. The van der Waals surface area contributed by atoms with E-state index in [1.54, 1.807) is 43.3 Å². The molecule has 0 unspecified atom stereocenters. The second-order valence-electron chi connectivity index (χ2n) is 8.79. The lowest BCUT2D eigenvalue weighted by molar-refractivity contribution is 0.102. The van der Waals surface area contributed by atoms with Gasteiger partial charge in [-0.1, -0.05) is 26.8 Å². The Bertz CT molecular complexity index is 1410. The number of carbonyl (C=O) groups excluding carboxylic acids is 1. The zero-order valence-electron chi connectivity index (χ0n) is 18.8. The van der Waals surface area contributed by atoms with Crippen molar-refractivity contribution in [3.8, 4) is 0 Å². The minimum absolute atomic E-state index is 0.00780. The number of amides is 1. The molecule has 4 aromatic rings. The third-order valence-electron chi connectivity index (χ3n) is 5.07. The monoisotopic (exact) mass is 467 g/mol. The minimum Gasteiger partial charge on any atom is -0.468 e. The number of furan rings is 1.